The van der Waals surface area contributed by atoms with Crippen molar-refractivity contribution in [3.8, 4) is 0 Å². The van der Waals surface area contributed by atoms with E-state index in [1.54, 1.807) is 37.4 Å². The summed E-state index contributed by atoms with van der Waals surface area (Å²) in [6.45, 7) is 2.53. The van der Waals surface area contributed by atoms with Crippen molar-refractivity contribution in [3.63, 3.8) is 0 Å². The molecule has 2 fully saturated rings. The number of piperazine rings is 1. The van der Waals surface area contributed by atoms with Gasteiger partial charge in [0.2, 0.25) is 11.8 Å². The first-order valence-electron chi connectivity index (χ1n) is 12.5. The van der Waals surface area contributed by atoms with Gasteiger partial charge in [0.1, 0.15) is 12.7 Å². The molecule has 11 heteroatoms. The quantitative estimate of drug-likeness (QED) is 0.459. The Balaban J connectivity index is 1.25. The molecule has 8 nitrogen and oxygen atoms in total. The van der Waals surface area contributed by atoms with Crippen LogP contribution in [-0.2, 0) is 22.7 Å². The molecule has 0 N–H and O–H groups in total. The van der Waals surface area contributed by atoms with E-state index in [1.807, 2.05) is 11.0 Å². The van der Waals surface area contributed by atoms with Gasteiger partial charge in [0.25, 0.3) is 5.56 Å². The summed E-state index contributed by atoms with van der Waals surface area (Å²) in [5.74, 6) is -0.396. The fourth-order valence-electron chi connectivity index (χ4n) is 4.92. The van der Waals surface area contributed by atoms with Gasteiger partial charge in [0.15, 0.2) is 0 Å². The molecule has 0 radical (unpaired) electrons. The van der Waals surface area contributed by atoms with Crippen molar-refractivity contribution in [1.82, 2.24) is 19.4 Å². The van der Waals surface area contributed by atoms with Gasteiger partial charge in [-0.05, 0) is 48.7 Å². The topological polar surface area (TPSA) is 78.8 Å². The van der Waals surface area contributed by atoms with E-state index in [0.29, 0.717) is 66.5 Å². The first-order valence-corrected chi connectivity index (χ1v) is 13.3. The van der Waals surface area contributed by atoms with Crippen LogP contribution < -0.4 is 10.5 Å². The second-order valence-electron chi connectivity index (χ2n) is 9.96. The molecule has 1 aliphatic carbocycles. The van der Waals surface area contributed by atoms with Crippen LogP contribution in [0.1, 0.15) is 18.4 Å². The van der Waals surface area contributed by atoms with Crippen molar-refractivity contribution < 1.29 is 14.0 Å². The molecular weight excluding hydrogens is 532 g/mol. The number of anilines is 1. The van der Waals surface area contributed by atoms with Crippen molar-refractivity contribution in [2.45, 2.75) is 32.1 Å². The number of hydrogen-bond donors (Lipinski definition) is 0. The summed E-state index contributed by atoms with van der Waals surface area (Å²) in [5.41, 5.74) is 1.93. The van der Waals surface area contributed by atoms with Crippen molar-refractivity contribution >= 4 is 51.6 Å². The zero-order chi connectivity index (χ0) is 27.0. The minimum absolute atomic E-state index is 0.0398. The lowest BCUT2D eigenvalue weighted by Gasteiger charge is -2.39. The summed E-state index contributed by atoms with van der Waals surface area (Å²) in [5, 5.41) is 1.28. The molecule has 5 rings (SSSR count). The number of likely N-dealkylation sites (N-methyl/N-ethyl adjacent to an activating group) is 1. The molecule has 2 aromatic carbocycles. The van der Waals surface area contributed by atoms with E-state index in [-0.39, 0.29) is 29.8 Å². The number of nitrogens with zero attached hydrogens (tertiary/aromatic N) is 5. The summed E-state index contributed by atoms with van der Waals surface area (Å²) in [6.07, 6.45) is 1.20. The SMILES string of the molecule is CN(Cc1ccc(Cl)c(Cl)c1)C(=O)Cn1cnc2ccc(N3CCN(C(=O)C4CC(F)C4)CC3)cc2c1=O. The fourth-order valence-corrected chi connectivity index (χ4v) is 5.24. The standard InChI is InChI=1S/C27H28Cl2FN5O3/c1-32(14-17-2-4-22(28)23(29)10-17)25(36)15-35-16-31-24-5-3-20(13-21(24)27(35)38)33-6-8-34(9-7-33)26(37)18-11-19(30)12-18/h2-5,10,13,16,18-19H,6-9,11-12,14-15H2,1H3. The Kier molecular flexibility index (Phi) is 7.59. The second kappa shape index (κ2) is 10.9. The van der Waals surface area contributed by atoms with Crippen molar-refractivity contribution in [3.05, 3.63) is 68.7 Å². The summed E-state index contributed by atoms with van der Waals surface area (Å²) in [6, 6.07) is 10.7. The average Bonchev–Trinajstić information content (AvgIpc) is 2.90. The molecule has 3 aromatic rings. The van der Waals surface area contributed by atoms with Gasteiger partial charge in [-0.3, -0.25) is 19.0 Å². The normalized spacial score (nSPS) is 19.4. The van der Waals surface area contributed by atoms with Gasteiger partial charge in [0.05, 0.1) is 27.3 Å². The lowest BCUT2D eigenvalue weighted by atomic mass is 9.82. The maximum absolute atomic E-state index is 13.3. The van der Waals surface area contributed by atoms with E-state index < -0.39 is 6.17 Å². The Morgan fingerprint density at radius 2 is 1.79 bits per heavy atom. The molecule has 1 aromatic heterocycles. The molecule has 200 valence electrons. The maximum Gasteiger partial charge on any atom is 0.261 e. The number of amides is 2. The highest BCUT2D eigenvalue weighted by Gasteiger charge is 2.37. The molecule has 2 aliphatic rings. The third kappa shape index (κ3) is 5.49. The van der Waals surface area contributed by atoms with Crippen LogP contribution in [0.15, 0.2) is 47.5 Å². The summed E-state index contributed by atoms with van der Waals surface area (Å²) in [4.78, 5) is 48.5. The van der Waals surface area contributed by atoms with Crippen LogP contribution in [0.25, 0.3) is 10.9 Å². The van der Waals surface area contributed by atoms with Crippen LogP contribution in [0, 0.1) is 5.92 Å². The molecule has 0 spiro atoms. The van der Waals surface area contributed by atoms with Gasteiger partial charge >= 0.3 is 0 Å². The summed E-state index contributed by atoms with van der Waals surface area (Å²) in [7, 11) is 1.66. The van der Waals surface area contributed by atoms with E-state index in [1.165, 1.54) is 15.8 Å². The third-order valence-electron chi connectivity index (χ3n) is 7.33. The number of carbonyl (C=O) groups excluding carboxylic acids is 2. The molecule has 1 saturated heterocycles. The first kappa shape index (κ1) is 26.4. The van der Waals surface area contributed by atoms with Gasteiger partial charge in [-0.1, -0.05) is 29.3 Å². The van der Waals surface area contributed by atoms with Crippen molar-refractivity contribution in [2.24, 2.45) is 5.92 Å². The largest absolute Gasteiger partial charge is 0.368 e. The zero-order valence-corrected chi connectivity index (χ0v) is 22.5. The molecule has 1 saturated carbocycles. The van der Waals surface area contributed by atoms with Crippen molar-refractivity contribution in [1.29, 1.82) is 0 Å². The van der Waals surface area contributed by atoms with E-state index in [2.05, 4.69) is 9.88 Å². The zero-order valence-electron chi connectivity index (χ0n) is 20.9. The average molecular weight is 560 g/mol. The number of carbonyl (C=O) groups is 2. The van der Waals surface area contributed by atoms with Crippen LogP contribution >= 0.6 is 23.2 Å². The molecule has 1 aliphatic heterocycles. The third-order valence-corrected chi connectivity index (χ3v) is 8.07. The number of alkyl halides is 1. The van der Waals surface area contributed by atoms with Gasteiger partial charge in [-0.15, -0.1) is 0 Å². The van der Waals surface area contributed by atoms with E-state index in [9.17, 15) is 18.8 Å². The van der Waals surface area contributed by atoms with Crippen LogP contribution in [0.5, 0.6) is 0 Å². The predicted molar refractivity (Wildman–Crippen MR) is 145 cm³/mol. The van der Waals surface area contributed by atoms with Gasteiger partial charge in [0, 0.05) is 51.4 Å². The smallest absolute Gasteiger partial charge is 0.261 e. The lowest BCUT2D eigenvalue weighted by Crippen LogP contribution is -2.52. The van der Waals surface area contributed by atoms with Crippen LogP contribution in [0.2, 0.25) is 10.0 Å². The second-order valence-corrected chi connectivity index (χ2v) is 10.8. The predicted octanol–water partition coefficient (Wildman–Crippen LogP) is 3.76. The molecule has 0 bridgehead atoms. The van der Waals surface area contributed by atoms with Gasteiger partial charge in [-0.25, -0.2) is 9.37 Å². The number of benzene rings is 2. The minimum atomic E-state index is -0.848. The Morgan fingerprint density at radius 3 is 2.47 bits per heavy atom. The van der Waals surface area contributed by atoms with E-state index in [0.717, 1.165) is 11.3 Å². The number of rotatable bonds is 6. The van der Waals surface area contributed by atoms with Crippen LogP contribution in [0.3, 0.4) is 0 Å². The first-order chi connectivity index (χ1) is 18.2. The van der Waals surface area contributed by atoms with Crippen LogP contribution in [0.4, 0.5) is 10.1 Å². The number of aromatic nitrogens is 2. The van der Waals surface area contributed by atoms with Gasteiger partial charge < -0.3 is 14.7 Å². The number of halogens is 3. The lowest BCUT2D eigenvalue weighted by molar-refractivity contribution is -0.140. The Bertz CT molecular complexity index is 1430. The monoisotopic (exact) mass is 559 g/mol. The fraction of sp³-hybridized carbons (Fsp3) is 0.407. The number of fused-ring (bicyclic) bond motifs is 1. The molecule has 0 unspecified atom stereocenters. The summed E-state index contributed by atoms with van der Waals surface area (Å²) >= 11 is 12.0. The maximum atomic E-state index is 13.3. The van der Waals surface area contributed by atoms with E-state index in [4.69, 9.17) is 23.2 Å². The number of hydrogen-bond acceptors (Lipinski definition) is 5. The Hall–Kier alpha value is -3.17. The minimum Gasteiger partial charge on any atom is -0.368 e. The highest BCUT2D eigenvalue weighted by Crippen LogP contribution is 2.32. The van der Waals surface area contributed by atoms with Gasteiger partial charge in [-0.2, -0.15) is 0 Å². The molecule has 2 heterocycles. The Morgan fingerprint density at radius 1 is 1.05 bits per heavy atom. The molecular formula is C27H28Cl2FN5O3. The molecule has 0 atom stereocenters. The van der Waals surface area contributed by atoms with E-state index >= 15 is 0 Å². The Labute approximate surface area is 229 Å². The van der Waals surface area contributed by atoms with Crippen molar-refractivity contribution in [2.75, 3.05) is 38.1 Å². The highest BCUT2D eigenvalue weighted by molar-refractivity contribution is 6.42. The molecule has 38 heavy (non-hydrogen) atoms. The molecule has 2 amide bonds. The highest BCUT2D eigenvalue weighted by atomic mass is 35.5. The van der Waals surface area contributed by atoms with Crippen LogP contribution in [-0.4, -0.2) is 70.6 Å². The summed E-state index contributed by atoms with van der Waals surface area (Å²) < 4.78 is 14.5.